The number of anilines is 1. The number of pyridine rings is 1. The van der Waals surface area contributed by atoms with Crippen LogP contribution < -0.4 is 11.3 Å². The zero-order chi connectivity index (χ0) is 15.4. The molecule has 4 nitrogen and oxygen atoms in total. The summed E-state index contributed by atoms with van der Waals surface area (Å²) in [6, 6.07) is 10.0. The highest BCUT2D eigenvalue weighted by molar-refractivity contribution is 5.83. The summed E-state index contributed by atoms with van der Waals surface area (Å²) in [6.07, 6.45) is 2.02. The topological polar surface area (TPSA) is 51.3 Å². The molecule has 21 heavy (non-hydrogen) atoms. The van der Waals surface area contributed by atoms with Crippen LogP contribution in [0.2, 0.25) is 0 Å². The summed E-state index contributed by atoms with van der Waals surface area (Å²) in [5, 5.41) is 1.65. The van der Waals surface area contributed by atoms with E-state index in [0.717, 1.165) is 30.2 Å². The Labute approximate surface area is 126 Å². The number of nitrogens with two attached hydrogens (primary N) is 1. The quantitative estimate of drug-likeness (QED) is 0.831. The maximum absolute atomic E-state index is 12.5. The van der Waals surface area contributed by atoms with Gasteiger partial charge in [0.1, 0.15) is 5.82 Å². The number of rotatable bonds is 6. The first-order valence-electron chi connectivity index (χ1n) is 7.59. The van der Waals surface area contributed by atoms with Crippen molar-refractivity contribution in [3.63, 3.8) is 0 Å². The predicted molar refractivity (Wildman–Crippen MR) is 89.6 cm³/mol. The molecule has 0 amide bonds. The summed E-state index contributed by atoms with van der Waals surface area (Å²) in [5.41, 5.74) is 6.05. The Kier molecular flexibility index (Phi) is 5.02. The number of unbranched alkanes of at least 4 members (excludes halogenated alkanes) is 1. The molecule has 0 saturated heterocycles. The second kappa shape index (κ2) is 6.76. The van der Waals surface area contributed by atoms with Crippen molar-refractivity contribution in [2.75, 3.05) is 19.3 Å². The van der Waals surface area contributed by atoms with Crippen LogP contribution in [0.3, 0.4) is 0 Å². The van der Waals surface area contributed by atoms with Crippen LogP contribution in [0.1, 0.15) is 26.7 Å². The number of hydrogen-bond acceptors (Lipinski definition) is 3. The lowest BCUT2D eigenvalue weighted by Crippen LogP contribution is -2.28. The average Bonchev–Trinajstić information content (AvgIpc) is 2.45. The van der Waals surface area contributed by atoms with Crippen LogP contribution in [-0.2, 0) is 6.54 Å². The largest absolute Gasteiger partial charge is 0.385 e. The van der Waals surface area contributed by atoms with Gasteiger partial charge in [-0.05, 0) is 57.8 Å². The smallest absolute Gasteiger partial charge is 0.259 e. The highest BCUT2D eigenvalue weighted by atomic mass is 16.1. The van der Waals surface area contributed by atoms with Crippen LogP contribution in [0.15, 0.2) is 35.1 Å². The monoisotopic (exact) mass is 287 g/mol. The summed E-state index contributed by atoms with van der Waals surface area (Å²) in [6.45, 7) is 6.10. The number of nitrogen functional groups attached to an aromatic ring is 1. The Hall–Kier alpha value is -1.81. The summed E-state index contributed by atoms with van der Waals surface area (Å²) < 4.78 is 1.69. The van der Waals surface area contributed by atoms with E-state index in [1.807, 2.05) is 30.3 Å². The highest BCUT2D eigenvalue weighted by Gasteiger charge is 2.07. The van der Waals surface area contributed by atoms with Gasteiger partial charge in [0.25, 0.3) is 5.56 Å². The van der Waals surface area contributed by atoms with Crippen molar-refractivity contribution in [2.45, 2.75) is 39.3 Å². The molecule has 114 valence electrons. The van der Waals surface area contributed by atoms with Gasteiger partial charge in [-0.15, -0.1) is 0 Å². The minimum absolute atomic E-state index is 0.0165. The molecule has 2 aromatic rings. The number of nitrogens with zero attached hydrogens (tertiary/aromatic N) is 2. The molecule has 0 bridgehead atoms. The fourth-order valence-corrected chi connectivity index (χ4v) is 2.44. The molecule has 2 N–H and O–H groups in total. The van der Waals surface area contributed by atoms with E-state index in [-0.39, 0.29) is 5.56 Å². The lowest BCUT2D eigenvalue weighted by atomic mass is 10.1. The molecule has 2 rings (SSSR count). The van der Waals surface area contributed by atoms with E-state index in [4.69, 9.17) is 5.73 Å². The minimum atomic E-state index is 0.0165. The first kappa shape index (κ1) is 15.6. The van der Waals surface area contributed by atoms with Gasteiger partial charge in [-0.2, -0.15) is 0 Å². The van der Waals surface area contributed by atoms with E-state index >= 15 is 0 Å². The lowest BCUT2D eigenvalue weighted by Gasteiger charge is -2.20. The van der Waals surface area contributed by atoms with Crippen LogP contribution in [0.25, 0.3) is 10.8 Å². The van der Waals surface area contributed by atoms with Gasteiger partial charge >= 0.3 is 0 Å². The van der Waals surface area contributed by atoms with Gasteiger partial charge in [0.05, 0.1) is 0 Å². The van der Waals surface area contributed by atoms with Gasteiger partial charge in [0.2, 0.25) is 0 Å². The molecule has 0 atom stereocenters. The van der Waals surface area contributed by atoms with E-state index in [1.165, 1.54) is 0 Å². The van der Waals surface area contributed by atoms with Crippen LogP contribution in [0.4, 0.5) is 5.82 Å². The molecular formula is C17H25N3O. The van der Waals surface area contributed by atoms with Gasteiger partial charge in [-0.1, -0.05) is 18.2 Å². The zero-order valence-corrected chi connectivity index (χ0v) is 13.2. The normalized spacial score (nSPS) is 11.7. The van der Waals surface area contributed by atoms with Gasteiger partial charge in [0.15, 0.2) is 0 Å². The maximum Gasteiger partial charge on any atom is 0.259 e. The molecule has 1 aromatic carbocycles. The van der Waals surface area contributed by atoms with Crippen molar-refractivity contribution in [1.29, 1.82) is 0 Å². The van der Waals surface area contributed by atoms with Crippen molar-refractivity contribution in [3.05, 3.63) is 40.7 Å². The van der Waals surface area contributed by atoms with E-state index in [2.05, 4.69) is 25.8 Å². The number of fused-ring (bicyclic) bond motifs is 1. The number of aromatic nitrogens is 1. The van der Waals surface area contributed by atoms with Crippen LogP contribution in [0, 0.1) is 0 Å². The maximum atomic E-state index is 12.5. The third kappa shape index (κ3) is 3.64. The van der Waals surface area contributed by atoms with E-state index in [0.29, 0.717) is 18.4 Å². The third-order valence-corrected chi connectivity index (χ3v) is 4.08. The van der Waals surface area contributed by atoms with Crippen LogP contribution in [0.5, 0.6) is 0 Å². The molecular weight excluding hydrogens is 262 g/mol. The van der Waals surface area contributed by atoms with Gasteiger partial charge in [-0.25, -0.2) is 0 Å². The number of hydrogen-bond donors (Lipinski definition) is 1. The average molecular weight is 287 g/mol. The van der Waals surface area contributed by atoms with Gasteiger partial charge in [-0.3, -0.25) is 9.36 Å². The molecule has 0 fully saturated rings. The van der Waals surface area contributed by atoms with Crippen molar-refractivity contribution < 1.29 is 0 Å². The Bertz CT molecular complexity index is 661. The van der Waals surface area contributed by atoms with Crippen LogP contribution in [-0.4, -0.2) is 29.1 Å². The molecule has 1 aromatic heterocycles. The molecule has 0 aliphatic heterocycles. The minimum Gasteiger partial charge on any atom is -0.385 e. The van der Waals surface area contributed by atoms with Gasteiger partial charge < -0.3 is 10.6 Å². The molecule has 0 spiro atoms. The SMILES string of the molecule is CC(C)N(C)CCCCn1c(N)cc2ccccc2c1=O. The van der Waals surface area contributed by atoms with E-state index in [1.54, 1.807) is 4.57 Å². The van der Waals surface area contributed by atoms with Crippen molar-refractivity contribution in [2.24, 2.45) is 0 Å². The Balaban J connectivity index is 2.07. The summed E-state index contributed by atoms with van der Waals surface area (Å²) in [4.78, 5) is 14.8. The molecule has 0 radical (unpaired) electrons. The molecule has 0 unspecified atom stereocenters. The Morgan fingerprint density at radius 2 is 1.95 bits per heavy atom. The second-order valence-corrected chi connectivity index (χ2v) is 5.89. The summed E-state index contributed by atoms with van der Waals surface area (Å²) >= 11 is 0. The summed E-state index contributed by atoms with van der Waals surface area (Å²) in [5.74, 6) is 0.552. The first-order chi connectivity index (χ1) is 10.0. The lowest BCUT2D eigenvalue weighted by molar-refractivity contribution is 0.266. The van der Waals surface area contributed by atoms with Crippen LogP contribution >= 0.6 is 0 Å². The molecule has 0 saturated carbocycles. The molecule has 0 aliphatic carbocycles. The highest BCUT2D eigenvalue weighted by Crippen LogP contribution is 2.13. The van der Waals surface area contributed by atoms with Gasteiger partial charge in [0, 0.05) is 18.0 Å². The molecule has 0 aliphatic rings. The standard InChI is InChI=1S/C17H25N3O/c1-13(2)19(3)10-6-7-11-20-16(18)12-14-8-4-5-9-15(14)17(20)21/h4-5,8-9,12-13H,6-7,10-11,18H2,1-3H3. The first-order valence-corrected chi connectivity index (χ1v) is 7.59. The Morgan fingerprint density at radius 3 is 2.67 bits per heavy atom. The fraction of sp³-hybridized carbons (Fsp3) is 0.471. The fourth-order valence-electron chi connectivity index (χ4n) is 2.44. The zero-order valence-electron chi connectivity index (χ0n) is 13.2. The van der Waals surface area contributed by atoms with Crippen molar-refractivity contribution in [3.8, 4) is 0 Å². The van der Waals surface area contributed by atoms with E-state index in [9.17, 15) is 4.79 Å². The Morgan fingerprint density at radius 1 is 1.24 bits per heavy atom. The molecule has 4 heteroatoms. The number of benzene rings is 1. The predicted octanol–water partition coefficient (Wildman–Crippen LogP) is 2.70. The van der Waals surface area contributed by atoms with Crippen molar-refractivity contribution >= 4 is 16.6 Å². The third-order valence-electron chi connectivity index (χ3n) is 4.08. The van der Waals surface area contributed by atoms with E-state index < -0.39 is 0 Å². The van der Waals surface area contributed by atoms with Crippen molar-refractivity contribution in [1.82, 2.24) is 9.47 Å². The second-order valence-electron chi connectivity index (χ2n) is 5.89. The summed E-state index contributed by atoms with van der Waals surface area (Å²) in [7, 11) is 2.13. The molecule has 1 heterocycles.